The summed E-state index contributed by atoms with van der Waals surface area (Å²) < 4.78 is 24.3. The molecule has 1 heterocycles. The minimum Gasteiger partial charge on any atom is -0.479 e. The molecule has 0 spiro atoms. The predicted molar refractivity (Wildman–Crippen MR) is 125 cm³/mol. The Morgan fingerprint density at radius 2 is 2.00 bits per heavy atom. The Morgan fingerprint density at radius 3 is 2.68 bits per heavy atom. The lowest BCUT2D eigenvalue weighted by Gasteiger charge is -2.12. The van der Waals surface area contributed by atoms with Crippen molar-refractivity contribution in [2.75, 3.05) is 25.1 Å². The maximum absolute atomic E-state index is 13.7. The zero-order chi connectivity index (χ0) is 24.8. The van der Waals surface area contributed by atoms with E-state index in [4.69, 9.17) is 21.1 Å². The van der Waals surface area contributed by atoms with Gasteiger partial charge < -0.3 is 20.1 Å². The number of benzene rings is 2. The van der Waals surface area contributed by atoms with E-state index in [9.17, 15) is 23.6 Å². The van der Waals surface area contributed by atoms with Crippen LogP contribution in [-0.2, 0) is 19.1 Å². The summed E-state index contributed by atoms with van der Waals surface area (Å²) in [4.78, 5) is 49.3. The van der Waals surface area contributed by atoms with Crippen molar-refractivity contribution in [1.29, 1.82) is 0 Å². The van der Waals surface area contributed by atoms with E-state index in [1.807, 2.05) is 0 Å². The molecule has 2 aromatic rings. The van der Waals surface area contributed by atoms with Crippen molar-refractivity contribution < 1.29 is 33.0 Å². The normalized spacial score (nSPS) is 14.2. The van der Waals surface area contributed by atoms with Crippen LogP contribution in [0.4, 0.5) is 14.9 Å². The van der Waals surface area contributed by atoms with E-state index in [1.165, 1.54) is 36.4 Å². The van der Waals surface area contributed by atoms with Crippen molar-refractivity contribution in [3.8, 4) is 5.75 Å². The predicted octanol–water partition coefficient (Wildman–Crippen LogP) is 3.71. The van der Waals surface area contributed by atoms with E-state index in [0.29, 0.717) is 14.9 Å². The summed E-state index contributed by atoms with van der Waals surface area (Å²) in [5.41, 5.74) is 0.272. The second-order valence-electron chi connectivity index (χ2n) is 6.81. The second kappa shape index (κ2) is 11.1. The Morgan fingerprint density at radius 1 is 1.26 bits per heavy atom. The number of nitrogens with one attached hydrogen (secondary N) is 2. The third-order valence-corrected chi connectivity index (χ3v) is 5.25. The van der Waals surface area contributed by atoms with Crippen LogP contribution in [0, 0.1) is 5.82 Å². The number of hydrogen-bond donors (Lipinski definition) is 2. The molecule has 0 atom stereocenters. The number of halogens is 3. The molecule has 1 fully saturated rings. The van der Waals surface area contributed by atoms with E-state index >= 15 is 0 Å². The van der Waals surface area contributed by atoms with E-state index < -0.39 is 36.2 Å². The zero-order valence-electron chi connectivity index (χ0n) is 17.7. The van der Waals surface area contributed by atoms with Crippen molar-refractivity contribution in [1.82, 2.24) is 10.2 Å². The molecule has 3 rings (SSSR count). The summed E-state index contributed by atoms with van der Waals surface area (Å²) in [6, 6.07) is 7.73. The summed E-state index contributed by atoms with van der Waals surface area (Å²) in [5.74, 6) is -2.50. The Labute approximate surface area is 207 Å². The first-order chi connectivity index (χ1) is 16.2. The van der Waals surface area contributed by atoms with Gasteiger partial charge in [0, 0.05) is 0 Å². The van der Waals surface area contributed by atoms with Gasteiger partial charge in [-0.2, -0.15) is 0 Å². The highest BCUT2D eigenvalue weighted by Crippen LogP contribution is 2.35. The van der Waals surface area contributed by atoms with Gasteiger partial charge in [-0.15, -0.1) is 0 Å². The maximum atomic E-state index is 13.7. The average Bonchev–Trinajstić information content (AvgIpc) is 3.02. The highest BCUT2D eigenvalue weighted by molar-refractivity contribution is 9.10. The van der Waals surface area contributed by atoms with Gasteiger partial charge in [0.25, 0.3) is 5.91 Å². The Kier molecular flexibility index (Phi) is 8.24. The molecule has 0 radical (unpaired) electrons. The SMILES string of the molecule is CCOC(=O)COc1c(Cl)cc(/C=C2/NC(=O)N(CC(=O)Nc3ccccc3F)C2=O)cc1Br. The number of carbonyl (C=O) groups is 4. The maximum Gasteiger partial charge on any atom is 0.344 e. The van der Waals surface area contributed by atoms with Crippen LogP contribution < -0.4 is 15.4 Å². The number of urea groups is 1. The van der Waals surface area contributed by atoms with Gasteiger partial charge in [-0.05, 0) is 58.8 Å². The van der Waals surface area contributed by atoms with Crippen molar-refractivity contribution in [2.24, 2.45) is 0 Å². The second-order valence-corrected chi connectivity index (χ2v) is 8.08. The number of nitrogens with zero attached hydrogens (tertiary/aromatic N) is 1. The Hall–Kier alpha value is -3.44. The fourth-order valence-corrected chi connectivity index (χ4v) is 3.90. The summed E-state index contributed by atoms with van der Waals surface area (Å²) >= 11 is 9.52. The molecule has 0 unspecified atom stereocenters. The molecule has 12 heteroatoms. The molecule has 0 saturated carbocycles. The van der Waals surface area contributed by atoms with Gasteiger partial charge >= 0.3 is 12.0 Å². The van der Waals surface area contributed by atoms with Gasteiger partial charge in [-0.3, -0.25) is 9.59 Å². The van der Waals surface area contributed by atoms with Crippen LogP contribution in [0.3, 0.4) is 0 Å². The molecule has 0 aliphatic carbocycles. The van der Waals surface area contributed by atoms with Crippen LogP contribution in [0.15, 0.2) is 46.6 Å². The monoisotopic (exact) mass is 553 g/mol. The number of para-hydroxylation sites is 1. The number of imide groups is 1. The van der Waals surface area contributed by atoms with Crippen molar-refractivity contribution >= 4 is 63.1 Å². The average molecular weight is 555 g/mol. The van der Waals surface area contributed by atoms with Crippen molar-refractivity contribution in [3.05, 3.63) is 63.0 Å². The van der Waals surface area contributed by atoms with Crippen molar-refractivity contribution in [2.45, 2.75) is 6.92 Å². The van der Waals surface area contributed by atoms with Gasteiger partial charge in [-0.25, -0.2) is 18.9 Å². The summed E-state index contributed by atoms with van der Waals surface area (Å²) in [7, 11) is 0. The molecule has 4 amide bonds. The molecule has 0 bridgehead atoms. The smallest absolute Gasteiger partial charge is 0.344 e. The highest BCUT2D eigenvalue weighted by Gasteiger charge is 2.35. The molecular formula is C22H18BrClFN3O6. The number of ether oxygens (including phenoxy) is 2. The van der Waals surface area contributed by atoms with Gasteiger partial charge in [0.1, 0.15) is 18.1 Å². The van der Waals surface area contributed by atoms with E-state index in [0.717, 1.165) is 0 Å². The minimum absolute atomic E-state index is 0.0694. The topological polar surface area (TPSA) is 114 Å². The summed E-state index contributed by atoms with van der Waals surface area (Å²) in [6.45, 7) is 0.931. The molecular weight excluding hydrogens is 537 g/mol. The molecule has 0 aromatic heterocycles. The molecule has 178 valence electrons. The van der Waals surface area contributed by atoms with E-state index in [1.54, 1.807) is 13.0 Å². The lowest BCUT2D eigenvalue weighted by atomic mass is 10.2. The van der Waals surface area contributed by atoms with Crippen LogP contribution in [-0.4, -0.2) is 48.5 Å². The molecule has 34 heavy (non-hydrogen) atoms. The van der Waals surface area contributed by atoms with Gasteiger partial charge in [-0.1, -0.05) is 23.7 Å². The van der Waals surface area contributed by atoms with Crippen LogP contribution >= 0.6 is 27.5 Å². The molecule has 9 nitrogen and oxygen atoms in total. The number of anilines is 1. The highest BCUT2D eigenvalue weighted by atomic mass is 79.9. The molecule has 1 aliphatic heterocycles. The fourth-order valence-electron chi connectivity index (χ4n) is 2.91. The number of esters is 1. The van der Waals surface area contributed by atoms with E-state index in [2.05, 4.69) is 26.6 Å². The summed E-state index contributed by atoms with van der Waals surface area (Å²) in [5, 5.41) is 4.84. The number of hydrogen-bond acceptors (Lipinski definition) is 6. The van der Waals surface area contributed by atoms with Gasteiger partial charge in [0.05, 0.1) is 21.8 Å². The third-order valence-electron chi connectivity index (χ3n) is 4.38. The first-order valence-corrected chi connectivity index (χ1v) is 11.0. The third kappa shape index (κ3) is 6.12. The van der Waals surface area contributed by atoms with Gasteiger partial charge in [0.15, 0.2) is 12.4 Å². The van der Waals surface area contributed by atoms with Crippen LogP contribution in [0.2, 0.25) is 5.02 Å². The minimum atomic E-state index is -0.806. The summed E-state index contributed by atoms with van der Waals surface area (Å²) in [6.07, 6.45) is 1.36. The molecule has 1 saturated heterocycles. The Balaban J connectivity index is 1.70. The zero-order valence-corrected chi connectivity index (χ0v) is 20.0. The lowest BCUT2D eigenvalue weighted by molar-refractivity contribution is -0.145. The largest absolute Gasteiger partial charge is 0.479 e. The Bertz CT molecular complexity index is 1170. The number of carbonyl (C=O) groups excluding carboxylic acids is 4. The number of amides is 4. The first-order valence-electron chi connectivity index (χ1n) is 9.86. The van der Waals surface area contributed by atoms with Crippen LogP contribution in [0.25, 0.3) is 6.08 Å². The molecule has 1 aliphatic rings. The van der Waals surface area contributed by atoms with E-state index in [-0.39, 0.29) is 35.4 Å². The quantitative estimate of drug-likeness (QED) is 0.292. The van der Waals surface area contributed by atoms with Gasteiger partial charge in [0.2, 0.25) is 5.91 Å². The fraction of sp³-hybridized carbons (Fsp3) is 0.182. The lowest BCUT2D eigenvalue weighted by Crippen LogP contribution is -2.38. The van der Waals surface area contributed by atoms with Crippen LogP contribution in [0.5, 0.6) is 5.75 Å². The molecule has 2 aromatic carbocycles. The van der Waals surface area contributed by atoms with Crippen molar-refractivity contribution in [3.63, 3.8) is 0 Å². The number of rotatable bonds is 8. The first kappa shape index (κ1) is 25.2. The standard InChI is InChI=1S/C22H18BrClFN3O6/c1-2-33-19(30)11-34-20-13(23)7-12(8-14(20)24)9-17-21(31)28(22(32)27-17)10-18(29)26-16-6-4-3-5-15(16)25/h3-9H,2,10-11H2,1H3,(H,26,29)(H,27,32)/b17-9+. The van der Waals surface area contributed by atoms with Crippen LogP contribution in [0.1, 0.15) is 12.5 Å². The molecule has 2 N–H and O–H groups in total.